The van der Waals surface area contributed by atoms with Crippen LogP contribution in [0.3, 0.4) is 0 Å². The molecule has 0 spiro atoms. The molecule has 3 aromatic heterocycles. The average molecular weight is 607 g/mol. The number of nitrogens with zero attached hydrogens (tertiary/aromatic N) is 7. The zero-order chi connectivity index (χ0) is 29.9. The molecule has 224 valence electrons. The molecule has 0 saturated carbocycles. The number of benzene rings is 1. The topological polar surface area (TPSA) is 113 Å². The van der Waals surface area contributed by atoms with Gasteiger partial charge in [0.2, 0.25) is 5.95 Å². The summed E-state index contributed by atoms with van der Waals surface area (Å²) in [5.41, 5.74) is 0.823. The highest BCUT2D eigenvalue weighted by Gasteiger charge is 2.48. The third-order valence-electron chi connectivity index (χ3n) is 9.34. The number of pyridine rings is 1. The van der Waals surface area contributed by atoms with Gasteiger partial charge in [-0.05, 0) is 50.4 Å². The van der Waals surface area contributed by atoms with Crippen LogP contribution in [-0.2, 0) is 0 Å². The molecule has 4 aromatic rings. The number of hydrogen-bond acceptors (Lipinski definition) is 8. The number of anilines is 2. The van der Waals surface area contributed by atoms with Gasteiger partial charge in [0.05, 0.1) is 15.9 Å². The number of likely N-dealkylation sites (tertiary alicyclic amines) is 1. The lowest BCUT2D eigenvalue weighted by Gasteiger charge is -2.32. The summed E-state index contributed by atoms with van der Waals surface area (Å²) in [5, 5.41) is 20.3. The van der Waals surface area contributed by atoms with Gasteiger partial charge < -0.3 is 15.1 Å². The summed E-state index contributed by atoms with van der Waals surface area (Å²) in [7, 11) is 1.92. The largest absolute Gasteiger partial charge is 0.355 e. The molecule has 3 aliphatic rings. The number of likely N-dealkylation sites (N-methyl/N-ethyl adjacent to an activating group) is 1. The molecule has 0 radical (unpaired) electrons. The van der Waals surface area contributed by atoms with Crippen LogP contribution in [0.4, 0.5) is 20.5 Å². The number of H-pyrrole nitrogens is 1. The third kappa shape index (κ3) is 4.67. The van der Waals surface area contributed by atoms with E-state index in [0.717, 1.165) is 25.8 Å². The molecule has 43 heavy (non-hydrogen) atoms. The Hall–Kier alpha value is -3.90. The second kappa shape index (κ2) is 10.7. The molecule has 13 heteroatoms. The Labute approximate surface area is 252 Å². The minimum absolute atomic E-state index is 0.0223. The van der Waals surface area contributed by atoms with Crippen LogP contribution in [0, 0.1) is 11.2 Å². The second-order valence-corrected chi connectivity index (χ2v) is 12.2. The van der Waals surface area contributed by atoms with Gasteiger partial charge in [0.15, 0.2) is 5.82 Å². The summed E-state index contributed by atoms with van der Waals surface area (Å²) < 4.78 is 31.0. The van der Waals surface area contributed by atoms with Crippen molar-refractivity contribution in [3.63, 3.8) is 0 Å². The van der Waals surface area contributed by atoms with E-state index in [4.69, 9.17) is 22.0 Å². The number of aromatic amines is 1. The van der Waals surface area contributed by atoms with Crippen LogP contribution in [0.15, 0.2) is 37.1 Å². The minimum Gasteiger partial charge on any atom is -0.355 e. The zero-order valence-corrected chi connectivity index (χ0v) is 24.6. The smallest absolute Gasteiger partial charge is 0.225 e. The van der Waals surface area contributed by atoms with Crippen LogP contribution < -0.4 is 10.2 Å². The fraction of sp³-hybridized carbons (Fsp3) is 0.433. The molecule has 10 nitrogen and oxygen atoms in total. The van der Waals surface area contributed by atoms with E-state index < -0.39 is 12.0 Å². The fourth-order valence-corrected chi connectivity index (χ4v) is 7.34. The van der Waals surface area contributed by atoms with E-state index in [-0.39, 0.29) is 28.7 Å². The first-order chi connectivity index (χ1) is 20.8. The lowest BCUT2D eigenvalue weighted by atomic mass is 9.93. The Bertz CT molecular complexity index is 1740. The molecule has 3 saturated heterocycles. The number of rotatable bonds is 7. The maximum absolute atomic E-state index is 16.5. The van der Waals surface area contributed by atoms with Gasteiger partial charge in [-0.1, -0.05) is 24.2 Å². The lowest BCUT2D eigenvalue weighted by molar-refractivity contribution is 0.208. The number of halogens is 3. The Morgan fingerprint density at radius 1 is 1.30 bits per heavy atom. The molecule has 7 rings (SSSR count). The van der Waals surface area contributed by atoms with Crippen molar-refractivity contribution in [3.05, 3.63) is 47.9 Å². The zero-order valence-electron chi connectivity index (χ0n) is 23.9. The molecule has 3 aliphatic heterocycles. The molecule has 6 heterocycles. The van der Waals surface area contributed by atoms with Crippen molar-refractivity contribution in [2.75, 3.05) is 50.0 Å². The Kier molecular flexibility index (Phi) is 6.93. The Balaban J connectivity index is 1.31. The number of aromatic nitrogens is 5. The van der Waals surface area contributed by atoms with Crippen molar-refractivity contribution in [1.82, 2.24) is 34.9 Å². The molecular weight excluding hydrogens is 574 g/mol. The third-order valence-corrected chi connectivity index (χ3v) is 9.66. The highest BCUT2D eigenvalue weighted by atomic mass is 35.5. The summed E-state index contributed by atoms with van der Waals surface area (Å²) in [6, 6.07) is 5.37. The normalized spacial score (nSPS) is 23.8. The lowest BCUT2D eigenvalue weighted by Crippen LogP contribution is -2.44. The molecule has 3 atom stereocenters. The van der Waals surface area contributed by atoms with Crippen molar-refractivity contribution in [2.24, 2.45) is 0 Å². The molecule has 0 aliphatic carbocycles. The summed E-state index contributed by atoms with van der Waals surface area (Å²) in [6.07, 6.45) is 5.42. The first kappa shape index (κ1) is 27.9. The summed E-state index contributed by atoms with van der Waals surface area (Å²) >= 11 is 6.48. The molecular formula is C30H33ClF2N10. The molecule has 0 bridgehead atoms. The van der Waals surface area contributed by atoms with Gasteiger partial charge in [0.1, 0.15) is 34.7 Å². The van der Waals surface area contributed by atoms with Crippen molar-refractivity contribution in [1.29, 1.82) is 5.41 Å². The van der Waals surface area contributed by atoms with Gasteiger partial charge in [-0.2, -0.15) is 10.1 Å². The second-order valence-electron chi connectivity index (χ2n) is 11.8. The molecule has 3 fully saturated rings. The number of fused-ring (bicyclic) bond motifs is 3. The molecule has 1 aromatic carbocycles. The Morgan fingerprint density at radius 2 is 2.16 bits per heavy atom. The van der Waals surface area contributed by atoms with Gasteiger partial charge in [0.25, 0.3) is 0 Å². The van der Waals surface area contributed by atoms with Crippen molar-refractivity contribution >= 4 is 51.0 Å². The maximum atomic E-state index is 16.5. The standard InChI is InChI=1S/C30H33ClF2N10/c1-3-22(34)42-11-8-18(15-42)41(2)28-19-13-35-27(26-23-20(31)6-4-7-21(23)39-40-26)24(33)25(19)37-29(38-28)36-16-30-9-5-10-43(30)14-17(32)12-30/h3-4,6-7,13,17-18,34H,1,5,8-12,14-16H2,2H3,(H,39,40)(H,36,37,38)/t17-,18?,30+/m1/s1. The van der Waals surface area contributed by atoms with Crippen molar-refractivity contribution in [3.8, 4) is 11.4 Å². The number of amidine groups is 1. The molecule has 3 N–H and O–H groups in total. The van der Waals surface area contributed by atoms with E-state index in [2.05, 4.69) is 37.0 Å². The van der Waals surface area contributed by atoms with Gasteiger partial charge in [0, 0.05) is 56.4 Å². The van der Waals surface area contributed by atoms with Gasteiger partial charge in [-0.3, -0.25) is 20.4 Å². The van der Waals surface area contributed by atoms with Crippen molar-refractivity contribution < 1.29 is 8.78 Å². The fourth-order valence-electron chi connectivity index (χ4n) is 7.08. The van der Waals surface area contributed by atoms with E-state index in [1.807, 2.05) is 22.9 Å². The molecule has 0 amide bonds. The molecule has 1 unspecified atom stereocenters. The summed E-state index contributed by atoms with van der Waals surface area (Å²) in [5.74, 6) is 0.546. The van der Waals surface area contributed by atoms with Crippen LogP contribution in [0.5, 0.6) is 0 Å². The van der Waals surface area contributed by atoms with Crippen LogP contribution in [0.1, 0.15) is 25.7 Å². The van der Waals surface area contributed by atoms with E-state index in [0.29, 0.717) is 71.3 Å². The predicted molar refractivity (Wildman–Crippen MR) is 165 cm³/mol. The summed E-state index contributed by atoms with van der Waals surface area (Å²) in [6.45, 7) is 6.82. The van der Waals surface area contributed by atoms with E-state index in [9.17, 15) is 4.39 Å². The average Bonchev–Trinajstić information content (AvgIpc) is 3.79. The number of nitrogens with one attached hydrogen (secondary N) is 3. The highest BCUT2D eigenvalue weighted by Crippen LogP contribution is 2.41. The van der Waals surface area contributed by atoms with Crippen LogP contribution >= 0.6 is 11.6 Å². The van der Waals surface area contributed by atoms with Crippen LogP contribution in [0.25, 0.3) is 33.2 Å². The first-order valence-corrected chi connectivity index (χ1v) is 15.0. The van der Waals surface area contributed by atoms with E-state index >= 15 is 4.39 Å². The van der Waals surface area contributed by atoms with Gasteiger partial charge in [-0.25, -0.2) is 13.8 Å². The van der Waals surface area contributed by atoms with Crippen molar-refractivity contribution in [2.45, 2.75) is 43.4 Å². The predicted octanol–water partition coefficient (Wildman–Crippen LogP) is 5.02. The maximum Gasteiger partial charge on any atom is 0.225 e. The van der Waals surface area contributed by atoms with E-state index in [1.165, 1.54) is 6.08 Å². The number of hydrogen-bond donors (Lipinski definition) is 3. The van der Waals surface area contributed by atoms with Gasteiger partial charge >= 0.3 is 0 Å². The monoisotopic (exact) mass is 606 g/mol. The van der Waals surface area contributed by atoms with Crippen LogP contribution in [0.2, 0.25) is 5.02 Å². The summed E-state index contributed by atoms with van der Waals surface area (Å²) in [4.78, 5) is 20.2. The SMILES string of the molecule is C=CC(=N)N1CCC(N(C)c2nc(NC[C@@]34CCCN3C[C@H](F)C4)nc3c(F)c(-c4n[nH]c5cccc(Cl)c45)ncc23)C1. The van der Waals surface area contributed by atoms with Crippen LogP contribution in [-0.4, -0.2) is 98.3 Å². The highest BCUT2D eigenvalue weighted by molar-refractivity contribution is 6.36. The van der Waals surface area contributed by atoms with E-state index in [1.54, 1.807) is 18.3 Å². The minimum atomic E-state index is -0.859. The Morgan fingerprint density at radius 3 is 3.00 bits per heavy atom. The quantitative estimate of drug-likeness (QED) is 0.199. The number of alkyl halides is 1. The van der Waals surface area contributed by atoms with Gasteiger partial charge in [-0.15, -0.1) is 0 Å². The first-order valence-electron chi connectivity index (χ1n) is 14.6.